The van der Waals surface area contributed by atoms with Crippen molar-refractivity contribution in [2.24, 2.45) is 0 Å². The zero-order chi connectivity index (χ0) is 27.4. The Labute approximate surface area is 226 Å². The highest BCUT2D eigenvalue weighted by Crippen LogP contribution is 2.29. The molecular formula is C31H32F3N3O2. The molecule has 1 fully saturated rings. The van der Waals surface area contributed by atoms with Crippen molar-refractivity contribution < 1.29 is 22.4 Å². The molecule has 5 rings (SSSR count). The van der Waals surface area contributed by atoms with Gasteiger partial charge in [0, 0.05) is 50.9 Å². The highest BCUT2D eigenvalue weighted by atomic mass is 19.4. The topological polar surface area (TPSA) is 41.7 Å². The number of nitrogens with zero attached hydrogens (tertiary/aromatic N) is 3. The summed E-state index contributed by atoms with van der Waals surface area (Å²) in [6, 6.07) is 21.7. The number of ether oxygens (including phenoxy) is 1. The van der Waals surface area contributed by atoms with E-state index in [1.807, 2.05) is 30.3 Å². The minimum atomic E-state index is -4.30. The van der Waals surface area contributed by atoms with Crippen molar-refractivity contribution in [3.63, 3.8) is 0 Å². The lowest BCUT2D eigenvalue weighted by Crippen LogP contribution is -2.45. The van der Waals surface area contributed by atoms with E-state index in [2.05, 4.69) is 47.0 Å². The number of halogens is 3. The number of aryl methyl sites for hydroxylation is 2. The second kappa shape index (κ2) is 11.6. The molecule has 1 aliphatic heterocycles. The highest BCUT2D eigenvalue weighted by molar-refractivity contribution is 5.58. The van der Waals surface area contributed by atoms with Crippen LogP contribution in [0.2, 0.25) is 0 Å². The molecule has 0 radical (unpaired) electrons. The van der Waals surface area contributed by atoms with Crippen LogP contribution >= 0.6 is 0 Å². The summed E-state index contributed by atoms with van der Waals surface area (Å²) in [6.45, 7) is 9.42. The standard InChI is InChI=1S/C31H32F3N3O2/c1-22-15-23(2)17-25(16-22)21-38-29-9-5-26(6-10-29)30-18-28(35-39-30)20-37-13-11-36(12-14-37)19-24-3-7-27(8-4-24)31(32,33)34/h3-10,15-18H,11-14,19-21H2,1-2H3. The number of hydrogen-bond donors (Lipinski definition) is 0. The van der Waals surface area contributed by atoms with Crippen LogP contribution in [0.1, 0.15) is 33.5 Å². The molecule has 0 unspecified atom stereocenters. The first-order valence-corrected chi connectivity index (χ1v) is 13.1. The largest absolute Gasteiger partial charge is 0.489 e. The molecule has 0 amide bonds. The van der Waals surface area contributed by atoms with E-state index in [0.29, 0.717) is 25.5 Å². The van der Waals surface area contributed by atoms with E-state index in [0.717, 1.165) is 66.4 Å². The molecule has 3 aromatic carbocycles. The van der Waals surface area contributed by atoms with Crippen molar-refractivity contribution in [3.05, 3.63) is 106 Å². The number of alkyl halides is 3. The third-order valence-corrected chi connectivity index (χ3v) is 6.92. The Hall–Kier alpha value is -3.62. The van der Waals surface area contributed by atoms with Crippen LogP contribution in [0.15, 0.2) is 77.3 Å². The Kier molecular flexibility index (Phi) is 8.04. The fourth-order valence-corrected chi connectivity index (χ4v) is 4.95. The minimum absolute atomic E-state index is 0.520. The van der Waals surface area contributed by atoms with Crippen LogP contribution in [-0.2, 0) is 25.9 Å². The third-order valence-electron chi connectivity index (χ3n) is 6.92. The first-order chi connectivity index (χ1) is 18.7. The van der Waals surface area contributed by atoms with Crippen LogP contribution in [0.4, 0.5) is 13.2 Å². The summed E-state index contributed by atoms with van der Waals surface area (Å²) >= 11 is 0. The normalized spacial score (nSPS) is 15.0. The van der Waals surface area contributed by atoms with Gasteiger partial charge in [0.15, 0.2) is 5.76 Å². The monoisotopic (exact) mass is 535 g/mol. The van der Waals surface area contributed by atoms with Gasteiger partial charge < -0.3 is 9.26 Å². The van der Waals surface area contributed by atoms with Crippen molar-refractivity contribution in [1.82, 2.24) is 15.0 Å². The van der Waals surface area contributed by atoms with Crippen LogP contribution in [0.5, 0.6) is 5.75 Å². The van der Waals surface area contributed by atoms with Gasteiger partial charge in [0.1, 0.15) is 12.4 Å². The Balaban J connectivity index is 1.09. The van der Waals surface area contributed by atoms with Crippen molar-refractivity contribution in [3.8, 4) is 17.1 Å². The van der Waals surface area contributed by atoms with Crippen molar-refractivity contribution in [1.29, 1.82) is 0 Å². The lowest BCUT2D eigenvalue weighted by Gasteiger charge is -2.34. The van der Waals surface area contributed by atoms with E-state index < -0.39 is 11.7 Å². The van der Waals surface area contributed by atoms with E-state index in [1.54, 1.807) is 12.1 Å². The van der Waals surface area contributed by atoms with Gasteiger partial charge in [-0.05, 0) is 61.4 Å². The fraction of sp³-hybridized carbons (Fsp3) is 0.323. The Morgan fingerprint density at radius 2 is 1.38 bits per heavy atom. The molecular weight excluding hydrogens is 503 g/mol. The lowest BCUT2D eigenvalue weighted by atomic mass is 10.1. The van der Waals surface area contributed by atoms with Crippen LogP contribution in [0.3, 0.4) is 0 Å². The molecule has 0 bridgehead atoms. The van der Waals surface area contributed by atoms with Crippen molar-refractivity contribution in [2.45, 2.75) is 39.7 Å². The van der Waals surface area contributed by atoms with Crippen LogP contribution in [0.25, 0.3) is 11.3 Å². The number of aromatic nitrogens is 1. The summed E-state index contributed by atoms with van der Waals surface area (Å²) in [5, 5.41) is 4.26. The smallest absolute Gasteiger partial charge is 0.416 e. The maximum atomic E-state index is 12.8. The number of benzene rings is 3. The summed E-state index contributed by atoms with van der Waals surface area (Å²) < 4.78 is 49.9. The maximum absolute atomic E-state index is 12.8. The van der Waals surface area contributed by atoms with Crippen LogP contribution < -0.4 is 4.74 Å². The first-order valence-electron chi connectivity index (χ1n) is 13.1. The van der Waals surface area contributed by atoms with Gasteiger partial charge >= 0.3 is 6.18 Å². The molecule has 0 saturated carbocycles. The predicted molar refractivity (Wildman–Crippen MR) is 144 cm³/mol. The molecule has 204 valence electrons. The number of rotatable bonds is 8. The van der Waals surface area contributed by atoms with Gasteiger partial charge in [-0.1, -0.05) is 46.6 Å². The van der Waals surface area contributed by atoms with Gasteiger partial charge in [-0.3, -0.25) is 9.80 Å². The second-order valence-corrected chi connectivity index (χ2v) is 10.2. The van der Waals surface area contributed by atoms with E-state index in [1.165, 1.54) is 11.1 Å². The van der Waals surface area contributed by atoms with Gasteiger partial charge in [0.2, 0.25) is 0 Å². The molecule has 0 spiro atoms. The van der Waals surface area contributed by atoms with Gasteiger partial charge in [-0.15, -0.1) is 0 Å². The average molecular weight is 536 g/mol. The van der Waals surface area contributed by atoms with E-state index in [-0.39, 0.29) is 0 Å². The SMILES string of the molecule is Cc1cc(C)cc(COc2ccc(-c3cc(CN4CCN(Cc5ccc(C(F)(F)F)cc5)CC4)no3)cc2)c1. The van der Waals surface area contributed by atoms with Crippen molar-refractivity contribution >= 4 is 0 Å². The summed E-state index contributed by atoms with van der Waals surface area (Å²) in [4.78, 5) is 4.58. The van der Waals surface area contributed by atoms with Gasteiger partial charge in [0.25, 0.3) is 0 Å². The number of hydrogen-bond acceptors (Lipinski definition) is 5. The molecule has 0 atom stereocenters. The van der Waals surface area contributed by atoms with Gasteiger partial charge in [-0.2, -0.15) is 13.2 Å². The molecule has 39 heavy (non-hydrogen) atoms. The Morgan fingerprint density at radius 3 is 2.00 bits per heavy atom. The van der Waals surface area contributed by atoms with Crippen LogP contribution in [-0.4, -0.2) is 41.1 Å². The molecule has 1 aromatic heterocycles. The lowest BCUT2D eigenvalue weighted by molar-refractivity contribution is -0.137. The zero-order valence-electron chi connectivity index (χ0n) is 22.2. The molecule has 1 aliphatic rings. The molecule has 8 heteroatoms. The second-order valence-electron chi connectivity index (χ2n) is 10.2. The maximum Gasteiger partial charge on any atom is 0.416 e. The molecule has 5 nitrogen and oxygen atoms in total. The van der Waals surface area contributed by atoms with E-state index >= 15 is 0 Å². The Bertz CT molecular complexity index is 1350. The van der Waals surface area contributed by atoms with Gasteiger partial charge in [0.05, 0.1) is 11.3 Å². The summed E-state index contributed by atoms with van der Waals surface area (Å²) in [6.07, 6.45) is -4.30. The summed E-state index contributed by atoms with van der Waals surface area (Å²) in [7, 11) is 0. The van der Waals surface area contributed by atoms with Crippen LogP contribution in [0, 0.1) is 13.8 Å². The minimum Gasteiger partial charge on any atom is -0.489 e. The zero-order valence-corrected chi connectivity index (χ0v) is 22.2. The van der Waals surface area contributed by atoms with E-state index in [9.17, 15) is 13.2 Å². The van der Waals surface area contributed by atoms with E-state index in [4.69, 9.17) is 9.26 Å². The Morgan fingerprint density at radius 1 is 0.769 bits per heavy atom. The molecule has 0 N–H and O–H groups in total. The highest BCUT2D eigenvalue weighted by Gasteiger charge is 2.30. The molecule has 0 aliphatic carbocycles. The number of piperazine rings is 1. The van der Waals surface area contributed by atoms with Gasteiger partial charge in [-0.25, -0.2) is 0 Å². The molecule has 4 aromatic rings. The first kappa shape index (κ1) is 27.0. The summed E-state index contributed by atoms with van der Waals surface area (Å²) in [5.41, 5.74) is 5.69. The fourth-order valence-electron chi connectivity index (χ4n) is 4.95. The predicted octanol–water partition coefficient (Wildman–Crippen LogP) is 6.87. The van der Waals surface area contributed by atoms with Crippen molar-refractivity contribution in [2.75, 3.05) is 26.2 Å². The summed E-state index contributed by atoms with van der Waals surface area (Å²) in [5.74, 6) is 1.51. The molecule has 1 saturated heterocycles. The molecule has 2 heterocycles. The average Bonchev–Trinajstić information content (AvgIpc) is 3.37. The third kappa shape index (κ3) is 7.28. The quantitative estimate of drug-likeness (QED) is 0.246.